The molecular weight excluding hydrogens is 312 g/mol. The van der Waals surface area contributed by atoms with E-state index in [2.05, 4.69) is 4.98 Å². The number of carboxylic acids is 1. The lowest BCUT2D eigenvalue weighted by Crippen LogP contribution is -2.44. The van der Waals surface area contributed by atoms with Crippen molar-refractivity contribution in [3.8, 4) is 0 Å². The van der Waals surface area contributed by atoms with Crippen molar-refractivity contribution < 1.29 is 18.3 Å². The maximum atomic E-state index is 12.6. The van der Waals surface area contributed by atoms with Crippen molar-refractivity contribution in [3.05, 3.63) is 30.1 Å². The van der Waals surface area contributed by atoms with Crippen molar-refractivity contribution in [1.82, 2.24) is 9.29 Å². The minimum absolute atomic E-state index is 0.0630. The van der Waals surface area contributed by atoms with E-state index in [0.717, 1.165) is 17.6 Å². The summed E-state index contributed by atoms with van der Waals surface area (Å²) in [7, 11) is -3.60. The highest BCUT2D eigenvalue weighted by atomic mass is 32.2. The number of aliphatic carboxylic acids is 1. The number of carboxylic acid groups (broad SMARTS) is 1. The van der Waals surface area contributed by atoms with Crippen LogP contribution in [0.25, 0.3) is 6.08 Å². The van der Waals surface area contributed by atoms with E-state index < -0.39 is 16.0 Å². The number of thioether (sulfide) groups is 1. The predicted octanol–water partition coefficient (Wildman–Crippen LogP) is 1.31. The van der Waals surface area contributed by atoms with E-state index in [1.165, 1.54) is 28.8 Å². The second-order valence-electron chi connectivity index (χ2n) is 4.67. The second-order valence-corrected chi connectivity index (χ2v) is 7.71. The van der Waals surface area contributed by atoms with E-state index in [9.17, 15) is 13.2 Å². The van der Waals surface area contributed by atoms with Crippen molar-refractivity contribution in [2.75, 3.05) is 18.1 Å². The van der Waals surface area contributed by atoms with Gasteiger partial charge in [-0.25, -0.2) is 13.2 Å². The molecule has 2 heterocycles. The van der Waals surface area contributed by atoms with Gasteiger partial charge in [-0.3, -0.25) is 4.98 Å². The Balaban J connectivity index is 2.32. The van der Waals surface area contributed by atoms with Crippen LogP contribution >= 0.6 is 11.8 Å². The summed E-state index contributed by atoms with van der Waals surface area (Å²) in [5.41, 5.74) is 0.442. The van der Waals surface area contributed by atoms with Crippen LogP contribution in [0.2, 0.25) is 0 Å². The van der Waals surface area contributed by atoms with Crippen LogP contribution in [-0.4, -0.2) is 52.9 Å². The number of nitrogens with zero attached hydrogens (tertiary/aromatic N) is 2. The lowest BCUT2D eigenvalue weighted by Gasteiger charge is -2.31. The number of aromatic nitrogens is 1. The minimum Gasteiger partial charge on any atom is -0.478 e. The number of carbonyl (C=O) groups is 1. The van der Waals surface area contributed by atoms with Gasteiger partial charge in [-0.05, 0) is 24.6 Å². The zero-order valence-electron chi connectivity index (χ0n) is 11.5. The van der Waals surface area contributed by atoms with Gasteiger partial charge in [-0.2, -0.15) is 16.1 Å². The molecule has 21 heavy (non-hydrogen) atoms. The fourth-order valence-corrected chi connectivity index (χ4v) is 4.89. The first-order valence-corrected chi connectivity index (χ1v) is 8.96. The van der Waals surface area contributed by atoms with Crippen LogP contribution in [0.15, 0.2) is 29.4 Å². The third kappa shape index (κ3) is 3.84. The van der Waals surface area contributed by atoms with Gasteiger partial charge in [0.05, 0.1) is 0 Å². The SMILES string of the molecule is CC1CSCCN1S(=O)(=O)c1cncc(C=CC(=O)O)c1. The molecule has 1 aliphatic rings. The summed E-state index contributed by atoms with van der Waals surface area (Å²) in [5.74, 6) is 0.450. The smallest absolute Gasteiger partial charge is 0.328 e. The van der Waals surface area contributed by atoms with Gasteiger partial charge in [-0.1, -0.05) is 0 Å². The third-order valence-electron chi connectivity index (χ3n) is 3.07. The summed E-state index contributed by atoms with van der Waals surface area (Å²) >= 11 is 1.73. The van der Waals surface area contributed by atoms with Crippen molar-refractivity contribution >= 4 is 33.8 Å². The van der Waals surface area contributed by atoms with E-state index in [4.69, 9.17) is 5.11 Å². The molecule has 1 aliphatic heterocycles. The molecule has 0 bridgehead atoms. The normalized spacial score (nSPS) is 20.7. The van der Waals surface area contributed by atoms with Crippen LogP contribution in [0.1, 0.15) is 12.5 Å². The van der Waals surface area contributed by atoms with Crippen LogP contribution in [0, 0.1) is 0 Å². The molecule has 114 valence electrons. The molecular formula is C13H16N2O4S2. The summed E-state index contributed by atoms with van der Waals surface area (Å²) in [6.45, 7) is 2.36. The maximum absolute atomic E-state index is 12.6. The molecule has 0 radical (unpaired) electrons. The highest BCUT2D eigenvalue weighted by Crippen LogP contribution is 2.24. The van der Waals surface area contributed by atoms with Crippen LogP contribution in [-0.2, 0) is 14.8 Å². The summed E-state index contributed by atoms with van der Waals surface area (Å²) in [6, 6.07) is 1.38. The lowest BCUT2D eigenvalue weighted by atomic mass is 10.2. The molecule has 1 aromatic heterocycles. The molecule has 8 heteroatoms. The standard InChI is InChI=1S/C13H16N2O4S2/c1-10-9-20-5-4-15(10)21(18,19)12-6-11(7-14-8-12)2-3-13(16)17/h2-3,6-8,10H,4-5,9H2,1H3,(H,16,17). The number of hydrogen-bond acceptors (Lipinski definition) is 5. The summed E-state index contributed by atoms with van der Waals surface area (Å²) in [4.78, 5) is 14.5. The quantitative estimate of drug-likeness (QED) is 0.839. The van der Waals surface area contributed by atoms with Crippen LogP contribution in [0.4, 0.5) is 0 Å². The Morgan fingerprint density at radius 3 is 2.95 bits per heavy atom. The number of rotatable bonds is 4. The van der Waals surface area contributed by atoms with Crippen molar-refractivity contribution in [2.24, 2.45) is 0 Å². The monoisotopic (exact) mass is 328 g/mol. The summed E-state index contributed by atoms with van der Waals surface area (Å²) in [5, 5.41) is 8.61. The van der Waals surface area contributed by atoms with Crippen molar-refractivity contribution in [2.45, 2.75) is 17.9 Å². The molecule has 0 saturated carbocycles. The fraction of sp³-hybridized carbons (Fsp3) is 0.385. The first kappa shape index (κ1) is 16.0. The lowest BCUT2D eigenvalue weighted by molar-refractivity contribution is -0.131. The van der Waals surface area contributed by atoms with E-state index in [1.807, 2.05) is 6.92 Å². The Labute approximate surface area is 127 Å². The zero-order valence-corrected chi connectivity index (χ0v) is 13.1. The molecule has 1 fully saturated rings. The first-order valence-electron chi connectivity index (χ1n) is 6.37. The van der Waals surface area contributed by atoms with Gasteiger partial charge >= 0.3 is 5.97 Å². The highest BCUT2D eigenvalue weighted by Gasteiger charge is 2.31. The highest BCUT2D eigenvalue weighted by molar-refractivity contribution is 7.99. The molecule has 0 spiro atoms. The van der Waals surface area contributed by atoms with Gasteiger partial charge in [0.25, 0.3) is 0 Å². The topological polar surface area (TPSA) is 87.6 Å². The van der Waals surface area contributed by atoms with Gasteiger partial charge in [0.15, 0.2) is 0 Å². The average molecular weight is 328 g/mol. The largest absolute Gasteiger partial charge is 0.478 e. The van der Waals surface area contributed by atoms with Gasteiger partial charge in [-0.15, -0.1) is 0 Å². The second kappa shape index (κ2) is 6.59. The number of sulfonamides is 1. The number of pyridine rings is 1. The molecule has 0 amide bonds. The Bertz CT molecular complexity index is 658. The fourth-order valence-electron chi connectivity index (χ4n) is 2.04. The molecule has 1 N–H and O–H groups in total. The van der Waals surface area contributed by atoms with E-state index in [1.54, 1.807) is 11.8 Å². The Morgan fingerprint density at radius 2 is 2.29 bits per heavy atom. The summed E-state index contributed by atoms with van der Waals surface area (Å²) < 4.78 is 26.7. The molecule has 6 nitrogen and oxygen atoms in total. The van der Waals surface area contributed by atoms with E-state index in [-0.39, 0.29) is 10.9 Å². The van der Waals surface area contributed by atoms with E-state index >= 15 is 0 Å². The maximum Gasteiger partial charge on any atom is 0.328 e. The molecule has 1 atom stereocenters. The van der Waals surface area contributed by atoms with Gasteiger partial charge in [0, 0.05) is 42.6 Å². The van der Waals surface area contributed by atoms with Gasteiger partial charge < -0.3 is 5.11 Å². The van der Waals surface area contributed by atoms with Crippen LogP contribution in [0.3, 0.4) is 0 Å². The Morgan fingerprint density at radius 1 is 1.52 bits per heavy atom. The Hall–Kier alpha value is -1.38. The number of hydrogen-bond donors (Lipinski definition) is 1. The van der Waals surface area contributed by atoms with Crippen molar-refractivity contribution in [3.63, 3.8) is 0 Å². The van der Waals surface area contributed by atoms with E-state index in [0.29, 0.717) is 12.1 Å². The van der Waals surface area contributed by atoms with Crippen LogP contribution < -0.4 is 0 Å². The molecule has 1 aromatic rings. The minimum atomic E-state index is -3.60. The first-order chi connectivity index (χ1) is 9.91. The molecule has 0 aromatic carbocycles. The molecule has 1 unspecified atom stereocenters. The Kier molecular flexibility index (Phi) is 5.02. The third-order valence-corrected chi connectivity index (χ3v) is 6.23. The predicted molar refractivity (Wildman–Crippen MR) is 81.6 cm³/mol. The summed E-state index contributed by atoms with van der Waals surface area (Å²) in [6.07, 6.45) is 4.99. The average Bonchev–Trinajstić information content (AvgIpc) is 2.45. The molecule has 2 rings (SSSR count). The molecule has 0 aliphatic carbocycles. The van der Waals surface area contributed by atoms with Gasteiger partial charge in [0.1, 0.15) is 4.90 Å². The van der Waals surface area contributed by atoms with Crippen LogP contribution in [0.5, 0.6) is 0 Å². The molecule has 1 saturated heterocycles. The van der Waals surface area contributed by atoms with Gasteiger partial charge in [0.2, 0.25) is 10.0 Å². The van der Waals surface area contributed by atoms with Crippen molar-refractivity contribution in [1.29, 1.82) is 0 Å². The zero-order chi connectivity index (χ0) is 15.5.